The van der Waals surface area contributed by atoms with Crippen LogP contribution in [-0.2, 0) is 16.0 Å². The van der Waals surface area contributed by atoms with Gasteiger partial charge in [0.15, 0.2) is 6.10 Å². The second-order valence-corrected chi connectivity index (χ2v) is 10.3. The van der Waals surface area contributed by atoms with Crippen molar-refractivity contribution in [2.45, 2.75) is 88.2 Å². The molecule has 176 valence electrons. The van der Waals surface area contributed by atoms with Crippen LogP contribution in [0.5, 0.6) is 5.75 Å². The lowest BCUT2D eigenvalue weighted by molar-refractivity contribution is -0.271. The fourth-order valence-corrected chi connectivity index (χ4v) is 6.89. The molecule has 8 nitrogen and oxygen atoms in total. The minimum atomic E-state index is -1.74. The van der Waals surface area contributed by atoms with Gasteiger partial charge in [-0.15, -0.1) is 0 Å². The number of benzene rings is 1. The largest absolute Gasteiger partial charge is 0.479 e. The van der Waals surface area contributed by atoms with Crippen LogP contribution in [0.2, 0.25) is 0 Å². The van der Waals surface area contributed by atoms with E-state index in [9.17, 15) is 30.3 Å². The molecule has 1 saturated heterocycles. The summed E-state index contributed by atoms with van der Waals surface area (Å²) >= 11 is 0. The Hall–Kier alpha value is -1.71. The predicted octanol–water partition coefficient (Wildman–Crippen LogP) is 1.17. The fraction of sp³-hybridized carbons (Fsp3) is 0.708. The third-order valence-corrected chi connectivity index (χ3v) is 8.71. The molecule has 3 aliphatic carbocycles. The van der Waals surface area contributed by atoms with Crippen molar-refractivity contribution >= 4 is 5.97 Å². The molecule has 2 saturated carbocycles. The molecular weight excluding hydrogens is 416 g/mol. The first-order valence-electron chi connectivity index (χ1n) is 11.6. The molecule has 8 heteroatoms. The Bertz CT molecular complexity index is 889. The Kier molecular flexibility index (Phi) is 5.49. The highest BCUT2D eigenvalue weighted by Crippen LogP contribution is 2.60. The number of carbonyl (C=O) groups is 1. The fourth-order valence-electron chi connectivity index (χ4n) is 6.89. The van der Waals surface area contributed by atoms with Crippen molar-refractivity contribution in [2.24, 2.45) is 17.3 Å². The summed E-state index contributed by atoms with van der Waals surface area (Å²) in [5, 5.41) is 49.8. The number of aliphatic hydroxyl groups is 4. The maximum Gasteiger partial charge on any atom is 0.335 e. The van der Waals surface area contributed by atoms with E-state index in [0.717, 1.165) is 38.5 Å². The van der Waals surface area contributed by atoms with E-state index >= 15 is 0 Å². The van der Waals surface area contributed by atoms with E-state index in [4.69, 9.17) is 9.47 Å². The third-order valence-electron chi connectivity index (χ3n) is 8.71. The van der Waals surface area contributed by atoms with Gasteiger partial charge in [0.2, 0.25) is 6.29 Å². The first kappa shape index (κ1) is 22.1. The van der Waals surface area contributed by atoms with Gasteiger partial charge in [0.05, 0.1) is 6.10 Å². The number of aryl methyl sites for hydroxylation is 1. The average Bonchev–Trinajstić information content (AvgIpc) is 3.08. The smallest absolute Gasteiger partial charge is 0.335 e. The van der Waals surface area contributed by atoms with Crippen molar-refractivity contribution in [1.29, 1.82) is 0 Å². The second-order valence-electron chi connectivity index (χ2n) is 10.3. The zero-order valence-corrected chi connectivity index (χ0v) is 18.1. The number of rotatable bonds is 3. The lowest BCUT2D eigenvalue weighted by atomic mass is 9.55. The van der Waals surface area contributed by atoms with E-state index in [1.807, 2.05) is 12.1 Å². The Labute approximate surface area is 186 Å². The Morgan fingerprint density at radius 1 is 1.06 bits per heavy atom. The molecule has 10 atom stereocenters. The molecule has 1 aromatic carbocycles. The monoisotopic (exact) mass is 448 g/mol. The summed E-state index contributed by atoms with van der Waals surface area (Å²) in [6.45, 7) is 2.25. The van der Waals surface area contributed by atoms with Crippen LogP contribution in [-0.4, -0.2) is 68.3 Å². The number of fused-ring (bicyclic) bond motifs is 5. The molecule has 0 radical (unpaired) electrons. The quantitative estimate of drug-likeness (QED) is 0.465. The number of carboxylic acid groups (broad SMARTS) is 1. The molecule has 4 aliphatic rings. The van der Waals surface area contributed by atoms with E-state index < -0.39 is 36.7 Å². The maximum atomic E-state index is 11.3. The van der Waals surface area contributed by atoms with Crippen molar-refractivity contribution in [1.82, 2.24) is 0 Å². The van der Waals surface area contributed by atoms with Crippen LogP contribution in [0.3, 0.4) is 0 Å². The zero-order valence-electron chi connectivity index (χ0n) is 18.1. The molecule has 5 rings (SSSR count). The zero-order chi connectivity index (χ0) is 22.8. The standard InChI is InChI=1S/C24H32O8/c1-24-9-8-14-13-5-3-12(10-11(13)2-4-15(14)16(24)6-7-17(24)25)31-23-20(28)18(26)19(27)21(32-23)22(29)30/h3,5,10,14-21,23,25-28H,2,4,6-9H2,1H3,(H,29,30)/t14-,15-,16-,17+,18+,19+,20-,21+,23-,24-/m0/s1. The summed E-state index contributed by atoms with van der Waals surface area (Å²) < 4.78 is 11.0. The molecule has 32 heavy (non-hydrogen) atoms. The summed E-state index contributed by atoms with van der Waals surface area (Å²) in [6.07, 6.45) is -2.28. The van der Waals surface area contributed by atoms with Crippen molar-refractivity contribution < 1.29 is 39.8 Å². The van der Waals surface area contributed by atoms with Gasteiger partial charge in [0.1, 0.15) is 24.1 Å². The molecular formula is C24H32O8. The molecule has 1 aromatic rings. The van der Waals surface area contributed by atoms with Gasteiger partial charge in [-0.1, -0.05) is 13.0 Å². The van der Waals surface area contributed by atoms with Crippen LogP contribution in [0, 0.1) is 17.3 Å². The second kappa shape index (κ2) is 7.95. The van der Waals surface area contributed by atoms with Crippen molar-refractivity contribution in [3.63, 3.8) is 0 Å². The van der Waals surface area contributed by atoms with Crippen molar-refractivity contribution in [3.05, 3.63) is 29.3 Å². The van der Waals surface area contributed by atoms with Crippen molar-refractivity contribution in [2.75, 3.05) is 0 Å². The summed E-state index contributed by atoms with van der Waals surface area (Å²) in [7, 11) is 0. The number of ether oxygens (including phenoxy) is 2. The van der Waals surface area contributed by atoms with E-state index in [1.165, 1.54) is 11.1 Å². The van der Waals surface area contributed by atoms with Crippen LogP contribution >= 0.6 is 0 Å². The molecule has 3 fully saturated rings. The van der Waals surface area contributed by atoms with Gasteiger partial charge in [0.25, 0.3) is 0 Å². The van der Waals surface area contributed by atoms with E-state index in [-0.39, 0.29) is 11.5 Å². The Morgan fingerprint density at radius 2 is 1.84 bits per heavy atom. The summed E-state index contributed by atoms with van der Waals surface area (Å²) in [4.78, 5) is 11.3. The highest BCUT2D eigenvalue weighted by molar-refractivity contribution is 5.73. The number of hydrogen-bond acceptors (Lipinski definition) is 7. The lowest BCUT2D eigenvalue weighted by Crippen LogP contribution is -2.61. The van der Waals surface area contributed by atoms with Gasteiger partial charge in [-0.05, 0) is 85.0 Å². The highest BCUT2D eigenvalue weighted by Gasteiger charge is 2.54. The van der Waals surface area contributed by atoms with Gasteiger partial charge in [-0.3, -0.25) is 0 Å². The average molecular weight is 449 g/mol. The van der Waals surface area contributed by atoms with Gasteiger partial charge in [-0.2, -0.15) is 0 Å². The molecule has 0 spiro atoms. The number of aliphatic carboxylic acids is 1. The van der Waals surface area contributed by atoms with Gasteiger partial charge < -0.3 is 35.0 Å². The SMILES string of the molecule is C[C@]12CC[C@H]3c4ccc(O[C@H]5O[C@@H](C(=O)O)[C@H](O)[C@@H](O)[C@@H]5O)cc4CC[C@@H]3[C@@H]1CC[C@H]2O. The summed E-state index contributed by atoms with van der Waals surface area (Å²) in [5.74, 6) is 0.570. The lowest BCUT2D eigenvalue weighted by Gasteiger charge is -2.50. The first-order valence-corrected chi connectivity index (χ1v) is 11.6. The van der Waals surface area contributed by atoms with E-state index in [2.05, 4.69) is 6.92 Å². The first-order chi connectivity index (χ1) is 15.2. The van der Waals surface area contributed by atoms with Crippen molar-refractivity contribution in [3.8, 4) is 5.75 Å². The molecule has 0 bridgehead atoms. The van der Waals surface area contributed by atoms with Crippen LogP contribution in [0.25, 0.3) is 0 Å². The topological polar surface area (TPSA) is 137 Å². The minimum Gasteiger partial charge on any atom is -0.479 e. The predicted molar refractivity (Wildman–Crippen MR) is 112 cm³/mol. The van der Waals surface area contributed by atoms with E-state index in [0.29, 0.717) is 23.5 Å². The van der Waals surface area contributed by atoms with Crippen LogP contribution in [0.1, 0.15) is 56.1 Å². The third kappa shape index (κ3) is 3.35. The Morgan fingerprint density at radius 3 is 2.59 bits per heavy atom. The molecule has 0 aromatic heterocycles. The number of carboxylic acids is 1. The van der Waals surface area contributed by atoms with Crippen LogP contribution in [0.4, 0.5) is 0 Å². The van der Waals surface area contributed by atoms with E-state index in [1.54, 1.807) is 6.07 Å². The van der Waals surface area contributed by atoms with Gasteiger partial charge in [0, 0.05) is 0 Å². The normalized spacial score (nSPS) is 45.5. The molecule has 0 unspecified atom stereocenters. The number of aliphatic hydroxyl groups excluding tert-OH is 4. The van der Waals surface area contributed by atoms with Crippen LogP contribution < -0.4 is 4.74 Å². The molecule has 0 amide bonds. The minimum absolute atomic E-state index is 0.0300. The molecule has 5 N–H and O–H groups in total. The molecule has 1 aliphatic heterocycles. The Balaban J connectivity index is 1.34. The maximum absolute atomic E-state index is 11.3. The van der Waals surface area contributed by atoms with Gasteiger partial charge >= 0.3 is 5.97 Å². The van der Waals surface area contributed by atoms with Gasteiger partial charge in [-0.25, -0.2) is 4.79 Å². The molecule has 1 heterocycles. The number of hydrogen-bond donors (Lipinski definition) is 5. The summed E-state index contributed by atoms with van der Waals surface area (Å²) in [6, 6.07) is 5.75. The summed E-state index contributed by atoms with van der Waals surface area (Å²) in [5.41, 5.74) is 2.51. The van der Waals surface area contributed by atoms with Crippen LogP contribution in [0.15, 0.2) is 18.2 Å². The highest BCUT2D eigenvalue weighted by atomic mass is 16.7.